The van der Waals surface area contributed by atoms with Gasteiger partial charge in [0, 0.05) is 25.6 Å². The summed E-state index contributed by atoms with van der Waals surface area (Å²) < 4.78 is 1.79. The molecular formula is C12H17N5. The lowest BCUT2D eigenvalue weighted by Crippen LogP contribution is -2.25. The number of aromatic nitrogens is 4. The van der Waals surface area contributed by atoms with E-state index in [1.54, 1.807) is 17.1 Å². The van der Waals surface area contributed by atoms with E-state index in [0.717, 1.165) is 24.5 Å². The van der Waals surface area contributed by atoms with Crippen LogP contribution in [-0.4, -0.2) is 26.3 Å². The first-order valence-electron chi connectivity index (χ1n) is 5.81. The largest absolute Gasteiger partial charge is 0.302 e. The van der Waals surface area contributed by atoms with Crippen molar-refractivity contribution in [1.82, 2.24) is 25.1 Å². The highest BCUT2D eigenvalue weighted by Gasteiger charge is 2.17. The molecule has 2 aromatic rings. The van der Waals surface area contributed by atoms with Crippen LogP contribution >= 0.6 is 0 Å². The Labute approximate surface area is 101 Å². The van der Waals surface area contributed by atoms with Crippen LogP contribution in [0.15, 0.2) is 30.7 Å². The molecule has 0 saturated heterocycles. The molecule has 0 saturated carbocycles. The summed E-state index contributed by atoms with van der Waals surface area (Å²) in [6.07, 6.45) is 6.51. The highest BCUT2D eigenvalue weighted by molar-refractivity contribution is 5.15. The van der Waals surface area contributed by atoms with Crippen LogP contribution in [0.3, 0.4) is 0 Å². The van der Waals surface area contributed by atoms with Gasteiger partial charge in [0.1, 0.15) is 6.04 Å². The summed E-state index contributed by atoms with van der Waals surface area (Å²) in [7, 11) is 1.91. The van der Waals surface area contributed by atoms with E-state index in [2.05, 4.69) is 27.3 Å². The molecule has 0 aliphatic rings. The molecule has 2 aromatic heterocycles. The fraction of sp³-hybridized carbons (Fsp3) is 0.417. The van der Waals surface area contributed by atoms with Gasteiger partial charge in [-0.3, -0.25) is 4.68 Å². The van der Waals surface area contributed by atoms with Crippen LogP contribution in [0.5, 0.6) is 0 Å². The van der Waals surface area contributed by atoms with E-state index in [-0.39, 0.29) is 6.04 Å². The van der Waals surface area contributed by atoms with Crippen molar-refractivity contribution in [3.8, 4) is 0 Å². The third-order valence-electron chi connectivity index (χ3n) is 2.47. The molecule has 0 amide bonds. The predicted molar refractivity (Wildman–Crippen MR) is 65.4 cm³/mol. The van der Waals surface area contributed by atoms with Gasteiger partial charge in [0.15, 0.2) is 5.82 Å². The van der Waals surface area contributed by atoms with Crippen LogP contribution in [0.4, 0.5) is 0 Å². The Balaban J connectivity index is 2.25. The molecule has 5 nitrogen and oxygen atoms in total. The van der Waals surface area contributed by atoms with Crippen molar-refractivity contribution in [2.45, 2.75) is 19.4 Å². The van der Waals surface area contributed by atoms with E-state index in [4.69, 9.17) is 0 Å². The fourth-order valence-electron chi connectivity index (χ4n) is 1.66. The summed E-state index contributed by atoms with van der Waals surface area (Å²) in [5.41, 5.74) is 0.951. The van der Waals surface area contributed by atoms with Crippen molar-refractivity contribution in [2.75, 3.05) is 6.54 Å². The van der Waals surface area contributed by atoms with Gasteiger partial charge in [0.05, 0.1) is 5.69 Å². The van der Waals surface area contributed by atoms with Crippen LogP contribution in [0.25, 0.3) is 0 Å². The Bertz CT molecular complexity index is 451. The van der Waals surface area contributed by atoms with E-state index in [1.807, 2.05) is 25.4 Å². The molecule has 2 heterocycles. The second-order valence-electron chi connectivity index (χ2n) is 3.91. The first-order chi connectivity index (χ1) is 8.31. The number of rotatable bonds is 5. The van der Waals surface area contributed by atoms with E-state index in [1.165, 1.54) is 0 Å². The van der Waals surface area contributed by atoms with Gasteiger partial charge in [0.25, 0.3) is 0 Å². The Morgan fingerprint density at radius 2 is 2.12 bits per heavy atom. The molecule has 0 aliphatic carbocycles. The Morgan fingerprint density at radius 3 is 2.71 bits per heavy atom. The normalized spacial score (nSPS) is 12.6. The summed E-state index contributed by atoms with van der Waals surface area (Å²) in [6, 6.07) is 3.78. The van der Waals surface area contributed by atoms with Gasteiger partial charge in [-0.25, -0.2) is 9.97 Å². The summed E-state index contributed by atoms with van der Waals surface area (Å²) in [5, 5.41) is 7.83. The van der Waals surface area contributed by atoms with Crippen molar-refractivity contribution in [1.29, 1.82) is 0 Å². The van der Waals surface area contributed by atoms with E-state index in [9.17, 15) is 0 Å². The standard InChI is InChI=1S/C12H17N5/c1-3-6-13-11(10-5-9-17(2)16-10)12-14-7-4-8-15-12/h4-5,7-9,11,13H,3,6H2,1-2H3. The highest BCUT2D eigenvalue weighted by Crippen LogP contribution is 2.15. The van der Waals surface area contributed by atoms with Gasteiger partial charge in [-0.2, -0.15) is 5.10 Å². The van der Waals surface area contributed by atoms with Gasteiger partial charge in [-0.05, 0) is 25.1 Å². The molecule has 0 bridgehead atoms. The van der Waals surface area contributed by atoms with Gasteiger partial charge in [0.2, 0.25) is 0 Å². The molecule has 0 spiro atoms. The van der Waals surface area contributed by atoms with Gasteiger partial charge < -0.3 is 5.32 Å². The maximum atomic E-state index is 4.41. The van der Waals surface area contributed by atoms with Crippen LogP contribution in [-0.2, 0) is 7.05 Å². The molecule has 0 fully saturated rings. The third kappa shape index (κ3) is 2.88. The smallest absolute Gasteiger partial charge is 0.151 e. The molecule has 90 valence electrons. The molecule has 1 atom stereocenters. The first kappa shape index (κ1) is 11.7. The third-order valence-corrected chi connectivity index (χ3v) is 2.47. The summed E-state index contributed by atoms with van der Waals surface area (Å²) in [6.45, 7) is 3.05. The lowest BCUT2D eigenvalue weighted by atomic mass is 10.2. The van der Waals surface area contributed by atoms with Crippen LogP contribution < -0.4 is 5.32 Å². The number of hydrogen-bond donors (Lipinski definition) is 1. The highest BCUT2D eigenvalue weighted by atomic mass is 15.3. The lowest BCUT2D eigenvalue weighted by molar-refractivity contribution is 0.551. The Morgan fingerprint density at radius 1 is 1.35 bits per heavy atom. The van der Waals surface area contributed by atoms with Gasteiger partial charge in [-0.15, -0.1) is 0 Å². The average Bonchev–Trinajstić information content (AvgIpc) is 2.78. The average molecular weight is 231 g/mol. The SMILES string of the molecule is CCCNC(c1ccn(C)n1)c1ncccn1. The second-order valence-corrected chi connectivity index (χ2v) is 3.91. The van der Waals surface area contributed by atoms with Crippen molar-refractivity contribution in [2.24, 2.45) is 7.05 Å². The lowest BCUT2D eigenvalue weighted by Gasteiger charge is -2.14. The van der Waals surface area contributed by atoms with E-state index >= 15 is 0 Å². The molecule has 17 heavy (non-hydrogen) atoms. The molecule has 5 heteroatoms. The first-order valence-corrected chi connectivity index (χ1v) is 5.81. The second kappa shape index (κ2) is 5.54. The number of nitrogens with one attached hydrogen (secondary N) is 1. The van der Waals surface area contributed by atoms with E-state index in [0.29, 0.717) is 0 Å². The van der Waals surface area contributed by atoms with Crippen LogP contribution in [0.1, 0.15) is 30.9 Å². The van der Waals surface area contributed by atoms with Crippen molar-refractivity contribution >= 4 is 0 Å². The van der Waals surface area contributed by atoms with Crippen molar-refractivity contribution < 1.29 is 0 Å². The minimum Gasteiger partial charge on any atom is -0.302 e. The van der Waals surface area contributed by atoms with Crippen molar-refractivity contribution in [3.05, 3.63) is 42.2 Å². The molecule has 0 aromatic carbocycles. The monoisotopic (exact) mass is 231 g/mol. The summed E-state index contributed by atoms with van der Waals surface area (Å²) in [5.74, 6) is 0.764. The molecule has 1 unspecified atom stereocenters. The summed E-state index contributed by atoms with van der Waals surface area (Å²) >= 11 is 0. The number of nitrogens with zero attached hydrogens (tertiary/aromatic N) is 4. The topological polar surface area (TPSA) is 55.6 Å². The zero-order chi connectivity index (χ0) is 12.1. The van der Waals surface area contributed by atoms with Crippen LogP contribution in [0, 0.1) is 0 Å². The van der Waals surface area contributed by atoms with Gasteiger partial charge in [-0.1, -0.05) is 6.92 Å². The maximum absolute atomic E-state index is 4.41. The minimum absolute atomic E-state index is 0.0302. The molecular weight excluding hydrogens is 214 g/mol. The maximum Gasteiger partial charge on any atom is 0.151 e. The predicted octanol–water partition coefficient (Wildman–Crippen LogP) is 1.30. The van der Waals surface area contributed by atoms with E-state index < -0.39 is 0 Å². The van der Waals surface area contributed by atoms with Crippen LogP contribution in [0.2, 0.25) is 0 Å². The molecule has 2 rings (SSSR count). The molecule has 0 aliphatic heterocycles. The Hall–Kier alpha value is -1.75. The number of hydrogen-bond acceptors (Lipinski definition) is 4. The quantitative estimate of drug-likeness (QED) is 0.842. The number of aryl methyl sites for hydroxylation is 1. The minimum atomic E-state index is -0.0302. The Kier molecular flexibility index (Phi) is 3.82. The molecule has 0 radical (unpaired) electrons. The summed E-state index contributed by atoms with van der Waals surface area (Å²) in [4.78, 5) is 8.59. The fourth-order valence-corrected chi connectivity index (χ4v) is 1.66. The van der Waals surface area contributed by atoms with Gasteiger partial charge >= 0.3 is 0 Å². The zero-order valence-electron chi connectivity index (χ0n) is 10.2. The molecule has 1 N–H and O–H groups in total. The van der Waals surface area contributed by atoms with Crippen molar-refractivity contribution in [3.63, 3.8) is 0 Å². The zero-order valence-corrected chi connectivity index (χ0v) is 10.2.